The molecule has 0 bridgehead atoms. The first-order valence-corrected chi connectivity index (χ1v) is 9.63. The van der Waals surface area contributed by atoms with Crippen LogP contribution in [0.25, 0.3) is 0 Å². The smallest absolute Gasteiger partial charge is 0.234 e. The number of rotatable bonds is 5. The van der Waals surface area contributed by atoms with Crippen molar-refractivity contribution in [2.75, 3.05) is 13.1 Å². The Kier molecular flexibility index (Phi) is 5.36. The standard InChI is InChI=1S/C20H26N2OS/c1-4-18-17-10-12-24-19(17)9-11-22(18)13-20(23)21-15(3)16-8-6-5-7-14(16)2/h5-8,10,12,15,18H,4,9,11,13H2,1-3H3,(H,21,23)/t15-,18+/m0/s1. The van der Waals surface area contributed by atoms with Crippen LogP contribution in [0.1, 0.15) is 53.9 Å². The molecule has 1 aliphatic rings. The quantitative estimate of drug-likeness (QED) is 0.881. The number of nitrogens with zero attached hydrogens (tertiary/aromatic N) is 1. The number of hydrogen-bond donors (Lipinski definition) is 1. The Bertz CT molecular complexity index is 709. The predicted octanol–water partition coefficient (Wildman–Crippen LogP) is 4.24. The first-order chi connectivity index (χ1) is 11.6. The number of nitrogens with one attached hydrogen (secondary N) is 1. The summed E-state index contributed by atoms with van der Waals surface area (Å²) >= 11 is 1.85. The highest BCUT2D eigenvalue weighted by Crippen LogP contribution is 2.34. The van der Waals surface area contributed by atoms with Crippen molar-refractivity contribution in [1.29, 1.82) is 0 Å². The van der Waals surface area contributed by atoms with Crippen LogP contribution in [-0.4, -0.2) is 23.9 Å². The molecule has 4 heteroatoms. The largest absolute Gasteiger partial charge is 0.348 e. The van der Waals surface area contributed by atoms with Crippen molar-refractivity contribution in [3.8, 4) is 0 Å². The molecule has 3 nitrogen and oxygen atoms in total. The van der Waals surface area contributed by atoms with E-state index in [1.165, 1.54) is 21.6 Å². The van der Waals surface area contributed by atoms with Crippen molar-refractivity contribution in [2.45, 2.75) is 45.7 Å². The lowest BCUT2D eigenvalue weighted by molar-refractivity contribution is -0.123. The van der Waals surface area contributed by atoms with Crippen molar-refractivity contribution in [1.82, 2.24) is 10.2 Å². The topological polar surface area (TPSA) is 32.3 Å². The first kappa shape index (κ1) is 17.2. The first-order valence-electron chi connectivity index (χ1n) is 8.75. The Morgan fingerprint density at radius 2 is 2.17 bits per heavy atom. The van der Waals surface area contributed by atoms with Crippen LogP contribution in [0.5, 0.6) is 0 Å². The molecule has 0 unspecified atom stereocenters. The van der Waals surface area contributed by atoms with Crippen molar-refractivity contribution < 1.29 is 4.79 Å². The molecule has 2 atom stereocenters. The van der Waals surface area contributed by atoms with Crippen LogP contribution in [0.3, 0.4) is 0 Å². The number of benzene rings is 1. The van der Waals surface area contributed by atoms with Gasteiger partial charge in [0.1, 0.15) is 0 Å². The normalized spacial score (nSPS) is 18.9. The van der Waals surface area contributed by atoms with E-state index in [-0.39, 0.29) is 11.9 Å². The number of carbonyl (C=O) groups is 1. The zero-order valence-electron chi connectivity index (χ0n) is 14.7. The van der Waals surface area contributed by atoms with Gasteiger partial charge in [-0.05, 0) is 54.8 Å². The van der Waals surface area contributed by atoms with Crippen molar-refractivity contribution in [3.05, 3.63) is 57.3 Å². The fraction of sp³-hybridized carbons (Fsp3) is 0.450. The van der Waals surface area contributed by atoms with Gasteiger partial charge in [0.05, 0.1) is 12.6 Å². The molecule has 1 aliphatic heterocycles. The van der Waals surface area contributed by atoms with Gasteiger partial charge in [-0.25, -0.2) is 0 Å². The van der Waals surface area contributed by atoms with Crippen molar-refractivity contribution >= 4 is 17.2 Å². The van der Waals surface area contributed by atoms with Crippen LogP contribution in [0.4, 0.5) is 0 Å². The monoisotopic (exact) mass is 342 g/mol. The molecule has 0 saturated carbocycles. The Balaban J connectivity index is 1.64. The van der Waals surface area contributed by atoms with E-state index in [0.717, 1.165) is 19.4 Å². The summed E-state index contributed by atoms with van der Waals surface area (Å²) in [5.41, 5.74) is 3.84. The van der Waals surface area contributed by atoms with Gasteiger partial charge in [0.15, 0.2) is 0 Å². The Morgan fingerprint density at radius 3 is 2.92 bits per heavy atom. The number of amides is 1. The second-order valence-corrected chi connectivity index (χ2v) is 7.59. The molecule has 0 saturated heterocycles. The fourth-order valence-electron chi connectivity index (χ4n) is 3.74. The lowest BCUT2D eigenvalue weighted by Gasteiger charge is -2.35. The lowest BCUT2D eigenvalue weighted by Crippen LogP contribution is -2.42. The number of thiophene rings is 1. The minimum atomic E-state index is 0.0419. The van der Waals surface area contributed by atoms with E-state index in [1.54, 1.807) is 0 Å². The maximum atomic E-state index is 12.6. The molecule has 1 aromatic heterocycles. The molecule has 128 valence electrons. The molecule has 1 amide bonds. The zero-order chi connectivity index (χ0) is 17.1. The Morgan fingerprint density at radius 1 is 1.38 bits per heavy atom. The van der Waals surface area contributed by atoms with Gasteiger partial charge in [-0.15, -0.1) is 11.3 Å². The van der Waals surface area contributed by atoms with Crippen LogP contribution < -0.4 is 5.32 Å². The molecule has 2 aromatic rings. The minimum absolute atomic E-state index is 0.0419. The van der Waals surface area contributed by atoms with Crippen LogP contribution >= 0.6 is 11.3 Å². The number of fused-ring (bicyclic) bond motifs is 1. The average Bonchev–Trinajstić information content (AvgIpc) is 3.03. The number of hydrogen-bond acceptors (Lipinski definition) is 3. The highest BCUT2D eigenvalue weighted by atomic mass is 32.1. The molecule has 0 aliphatic carbocycles. The highest BCUT2D eigenvalue weighted by molar-refractivity contribution is 7.10. The molecule has 3 rings (SSSR count). The highest BCUT2D eigenvalue weighted by Gasteiger charge is 2.28. The molecule has 0 fully saturated rings. The molecule has 0 spiro atoms. The van der Waals surface area contributed by atoms with E-state index < -0.39 is 0 Å². The van der Waals surface area contributed by atoms with E-state index in [2.05, 4.69) is 54.6 Å². The molecule has 24 heavy (non-hydrogen) atoms. The van der Waals surface area contributed by atoms with E-state index in [1.807, 2.05) is 23.5 Å². The number of aryl methyl sites for hydroxylation is 1. The van der Waals surface area contributed by atoms with Gasteiger partial charge >= 0.3 is 0 Å². The second kappa shape index (κ2) is 7.49. The second-order valence-electron chi connectivity index (χ2n) is 6.59. The van der Waals surface area contributed by atoms with Crippen molar-refractivity contribution in [3.63, 3.8) is 0 Å². The summed E-state index contributed by atoms with van der Waals surface area (Å²) in [6, 6.07) is 10.9. The third kappa shape index (κ3) is 3.55. The zero-order valence-corrected chi connectivity index (χ0v) is 15.5. The van der Waals surface area contributed by atoms with E-state index in [4.69, 9.17) is 0 Å². The van der Waals surface area contributed by atoms with Gasteiger partial charge in [-0.1, -0.05) is 31.2 Å². The molecule has 2 heterocycles. The molecule has 1 aromatic carbocycles. The summed E-state index contributed by atoms with van der Waals surface area (Å²) in [6.45, 7) is 7.80. The van der Waals surface area contributed by atoms with Gasteiger partial charge in [0.2, 0.25) is 5.91 Å². The van der Waals surface area contributed by atoms with E-state index in [9.17, 15) is 4.79 Å². The van der Waals surface area contributed by atoms with Crippen LogP contribution in [-0.2, 0) is 11.2 Å². The Labute approximate surface area is 148 Å². The van der Waals surface area contributed by atoms with Crippen LogP contribution in [0, 0.1) is 6.92 Å². The van der Waals surface area contributed by atoms with Gasteiger partial charge in [0, 0.05) is 17.5 Å². The summed E-state index contributed by atoms with van der Waals surface area (Å²) in [5, 5.41) is 5.35. The summed E-state index contributed by atoms with van der Waals surface area (Å²) in [7, 11) is 0. The summed E-state index contributed by atoms with van der Waals surface area (Å²) in [6.07, 6.45) is 2.11. The van der Waals surface area contributed by atoms with Gasteiger partial charge < -0.3 is 5.32 Å². The Hall–Kier alpha value is -1.65. The summed E-state index contributed by atoms with van der Waals surface area (Å²) in [5.74, 6) is 0.114. The van der Waals surface area contributed by atoms with Crippen LogP contribution in [0.15, 0.2) is 35.7 Å². The summed E-state index contributed by atoms with van der Waals surface area (Å²) in [4.78, 5) is 16.4. The van der Waals surface area contributed by atoms with Crippen molar-refractivity contribution in [2.24, 2.45) is 0 Å². The predicted molar refractivity (Wildman–Crippen MR) is 100 cm³/mol. The maximum absolute atomic E-state index is 12.6. The maximum Gasteiger partial charge on any atom is 0.234 e. The van der Waals surface area contributed by atoms with Gasteiger partial charge in [-0.2, -0.15) is 0 Å². The third-order valence-electron chi connectivity index (χ3n) is 4.97. The van der Waals surface area contributed by atoms with Gasteiger partial charge in [0.25, 0.3) is 0 Å². The fourth-order valence-corrected chi connectivity index (χ4v) is 4.67. The van der Waals surface area contributed by atoms with Gasteiger partial charge in [-0.3, -0.25) is 9.69 Å². The molecular weight excluding hydrogens is 316 g/mol. The molecular formula is C20H26N2OS. The average molecular weight is 343 g/mol. The number of carbonyl (C=O) groups excluding carboxylic acids is 1. The lowest BCUT2D eigenvalue weighted by atomic mass is 9.98. The van der Waals surface area contributed by atoms with E-state index >= 15 is 0 Å². The SMILES string of the molecule is CC[C@@H]1c2ccsc2CCN1CC(=O)N[C@@H](C)c1ccccc1C. The van der Waals surface area contributed by atoms with Crippen LogP contribution in [0.2, 0.25) is 0 Å². The van der Waals surface area contributed by atoms with E-state index in [0.29, 0.717) is 12.6 Å². The molecule has 0 radical (unpaired) electrons. The summed E-state index contributed by atoms with van der Waals surface area (Å²) < 4.78 is 0. The minimum Gasteiger partial charge on any atom is -0.348 e. The molecule has 1 N–H and O–H groups in total. The third-order valence-corrected chi connectivity index (χ3v) is 5.97.